The lowest BCUT2D eigenvalue weighted by atomic mass is 10.1. The number of carbonyl (C=O) groups is 3. The van der Waals surface area contributed by atoms with Crippen LogP contribution >= 0.6 is 0 Å². The smallest absolute Gasteiger partial charge is 0.242 e. The van der Waals surface area contributed by atoms with Gasteiger partial charge in [0, 0.05) is 31.8 Å². The van der Waals surface area contributed by atoms with Crippen molar-refractivity contribution in [2.45, 2.75) is 31.8 Å². The molecule has 0 bridgehead atoms. The SMILES string of the molecule is O=C(CN1C(=O)CCC1=O)N1CCCC(Oc2ccncc2)C1. The van der Waals surface area contributed by atoms with Gasteiger partial charge in [-0.05, 0) is 25.0 Å². The van der Waals surface area contributed by atoms with E-state index >= 15 is 0 Å². The lowest BCUT2D eigenvalue weighted by Crippen LogP contribution is -2.48. The van der Waals surface area contributed by atoms with E-state index in [1.165, 1.54) is 0 Å². The van der Waals surface area contributed by atoms with Crippen molar-refractivity contribution in [1.29, 1.82) is 0 Å². The summed E-state index contributed by atoms with van der Waals surface area (Å²) in [5.41, 5.74) is 0. The van der Waals surface area contributed by atoms with Gasteiger partial charge in [-0.1, -0.05) is 0 Å². The summed E-state index contributed by atoms with van der Waals surface area (Å²) < 4.78 is 5.87. The molecule has 1 aromatic heterocycles. The molecule has 0 N–H and O–H groups in total. The minimum Gasteiger partial charge on any atom is -0.488 e. The summed E-state index contributed by atoms with van der Waals surface area (Å²) >= 11 is 0. The molecule has 1 unspecified atom stereocenters. The Hall–Kier alpha value is -2.44. The fourth-order valence-electron chi connectivity index (χ4n) is 2.90. The molecule has 23 heavy (non-hydrogen) atoms. The van der Waals surface area contributed by atoms with Crippen LogP contribution < -0.4 is 4.74 Å². The van der Waals surface area contributed by atoms with Gasteiger partial charge < -0.3 is 9.64 Å². The predicted octanol–water partition coefficient (Wildman–Crippen LogP) is 0.600. The zero-order chi connectivity index (χ0) is 16.2. The van der Waals surface area contributed by atoms with E-state index in [4.69, 9.17) is 4.74 Å². The number of imide groups is 1. The number of amides is 3. The Labute approximate surface area is 134 Å². The van der Waals surface area contributed by atoms with Crippen molar-refractivity contribution in [1.82, 2.24) is 14.8 Å². The first-order valence-electron chi connectivity index (χ1n) is 7.81. The van der Waals surface area contributed by atoms with Gasteiger partial charge in [-0.25, -0.2) is 0 Å². The van der Waals surface area contributed by atoms with Crippen LogP contribution in [0.1, 0.15) is 25.7 Å². The van der Waals surface area contributed by atoms with Gasteiger partial charge in [0.15, 0.2) is 0 Å². The van der Waals surface area contributed by atoms with Gasteiger partial charge in [-0.15, -0.1) is 0 Å². The first-order chi connectivity index (χ1) is 11.1. The Morgan fingerprint density at radius 1 is 1.22 bits per heavy atom. The first-order valence-corrected chi connectivity index (χ1v) is 7.81. The molecule has 0 aliphatic carbocycles. The van der Waals surface area contributed by atoms with E-state index in [1.54, 1.807) is 29.4 Å². The van der Waals surface area contributed by atoms with Crippen LogP contribution in [-0.4, -0.2) is 58.2 Å². The summed E-state index contributed by atoms with van der Waals surface area (Å²) in [6.07, 6.45) is 5.36. The van der Waals surface area contributed by atoms with Crippen LogP contribution in [0, 0.1) is 0 Å². The van der Waals surface area contributed by atoms with E-state index in [1.807, 2.05) is 0 Å². The molecular weight excluding hydrogens is 298 g/mol. The fourth-order valence-corrected chi connectivity index (χ4v) is 2.90. The maximum atomic E-state index is 12.4. The van der Waals surface area contributed by atoms with E-state index < -0.39 is 0 Å². The van der Waals surface area contributed by atoms with E-state index in [0.29, 0.717) is 13.1 Å². The molecular formula is C16H19N3O4. The monoisotopic (exact) mass is 317 g/mol. The first kappa shape index (κ1) is 15.5. The van der Waals surface area contributed by atoms with Crippen LogP contribution in [0.5, 0.6) is 5.75 Å². The Balaban J connectivity index is 1.56. The largest absolute Gasteiger partial charge is 0.488 e. The quantitative estimate of drug-likeness (QED) is 0.760. The maximum absolute atomic E-state index is 12.4. The van der Waals surface area contributed by atoms with Gasteiger partial charge in [0.25, 0.3) is 0 Å². The molecule has 0 radical (unpaired) electrons. The summed E-state index contributed by atoms with van der Waals surface area (Å²) in [4.78, 5) is 42.3. The maximum Gasteiger partial charge on any atom is 0.242 e. The molecule has 2 fully saturated rings. The summed E-state index contributed by atoms with van der Waals surface area (Å²) in [5.74, 6) is 0.00992. The van der Waals surface area contributed by atoms with Crippen molar-refractivity contribution in [3.63, 3.8) is 0 Å². The van der Waals surface area contributed by atoms with Crippen LogP contribution in [0.25, 0.3) is 0 Å². The van der Waals surface area contributed by atoms with Gasteiger partial charge in [0.05, 0.1) is 6.54 Å². The third-order valence-corrected chi connectivity index (χ3v) is 4.13. The summed E-state index contributed by atoms with van der Waals surface area (Å²) in [6.45, 7) is 0.947. The average molecular weight is 317 g/mol. The second-order valence-corrected chi connectivity index (χ2v) is 5.78. The van der Waals surface area contributed by atoms with E-state index in [-0.39, 0.29) is 43.2 Å². The molecule has 3 rings (SSSR count). The highest BCUT2D eigenvalue weighted by Crippen LogP contribution is 2.19. The average Bonchev–Trinajstić information content (AvgIpc) is 2.88. The number of hydrogen-bond donors (Lipinski definition) is 0. The number of rotatable bonds is 4. The number of nitrogens with zero attached hydrogens (tertiary/aromatic N) is 3. The Morgan fingerprint density at radius 3 is 2.61 bits per heavy atom. The molecule has 2 aliphatic rings. The Morgan fingerprint density at radius 2 is 1.91 bits per heavy atom. The standard InChI is InChI=1S/C16H19N3O4/c20-14-3-4-15(21)19(14)11-16(22)18-9-1-2-13(10-18)23-12-5-7-17-8-6-12/h5-8,13H,1-4,9-11H2. The number of aromatic nitrogens is 1. The van der Waals surface area contributed by atoms with Gasteiger partial charge in [-0.3, -0.25) is 24.3 Å². The molecule has 2 saturated heterocycles. The van der Waals surface area contributed by atoms with E-state index in [0.717, 1.165) is 23.5 Å². The van der Waals surface area contributed by atoms with Gasteiger partial charge in [0.2, 0.25) is 17.7 Å². The highest BCUT2D eigenvalue weighted by Gasteiger charge is 2.33. The zero-order valence-electron chi connectivity index (χ0n) is 12.8. The van der Waals surface area contributed by atoms with Crippen molar-refractivity contribution in [3.8, 4) is 5.75 Å². The number of pyridine rings is 1. The molecule has 0 saturated carbocycles. The van der Waals surface area contributed by atoms with Gasteiger partial charge >= 0.3 is 0 Å². The summed E-state index contributed by atoms with van der Waals surface area (Å²) in [6, 6.07) is 3.56. The lowest BCUT2D eigenvalue weighted by Gasteiger charge is -2.33. The molecule has 0 spiro atoms. The van der Waals surface area contributed by atoms with Crippen molar-refractivity contribution in [2.75, 3.05) is 19.6 Å². The highest BCUT2D eigenvalue weighted by atomic mass is 16.5. The molecule has 0 aromatic carbocycles. The number of hydrogen-bond acceptors (Lipinski definition) is 5. The highest BCUT2D eigenvalue weighted by molar-refractivity contribution is 6.04. The third kappa shape index (κ3) is 3.67. The van der Waals surface area contributed by atoms with E-state index in [9.17, 15) is 14.4 Å². The zero-order valence-corrected chi connectivity index (χ0v) is 12.8. The number of piperidine rings is 1. The van der Waals surface area contributed by atoms with Crippen LogP contribution in [0.15, 0.2) is 24.5 Å². The molecule has 1 aromatic rings. The minimum absolute atomic E-state index is 0.0833. The second kappa shape index (κ2) is 6.76. The molecule has 1 atom stereocenters. The lowest BCUT2D eigenvalue weighted by molar-refractivity contribution is -0.146. The van der Waals surface area contributed by atoms with Crippen LogP contribution in [0.2, 0.25) is 0 Å². The molecule has 7 nitrogen and oxygen atoms in total. The molecule has 2 aliphatic heterocycles. The van der Waals surface area contributed by atoms with Crippen LogP contribution in [0.3, 0.4) is 0 Å². The molecule has 122 valence electrons. The number of ether oxygens (including phenoxy) is 1. The molecule has 7 heteroatoms. The van der Waals surface area contributed by atoms with E-state index in [2.05, 4.69) is 4.98 Å². The Kier molecular flexibility index (Phi) is 4.55. The van der Waals surface area contributed by atoms with Crippen molar-refractivity contribution < 1.29 is 19.1 Å². The van der Waals surface area contributed by atoms with Crippen molar-refractivity contribution >= 4 is 17.7 Å². The second-order valence-electron chi connectivity index (χ2n) is 5.78. The fraction of sp³-hybridized carbons (Fsp3) is 0.500. The van der Waals surface area contributed by atoms with Crippen LogP contribution in [-0.2, 0) is 14.4 Å². The Bertz CT molecular complexity index is 589. The molecule has 3 amide bonds. The topological polar surface area (TPSA) is 79.8 Å². The third-order valence-electron chi connectivity index (χ3n) is 4.13. The minimum atomic E-state index is -0.259. The molecule has 3 heterocycles. The summed E-state index contributed by atoms with van der Waals surface area (Å²) in [5, 5.41) is 0. The van der Waals surface area contributed by atoms with Crippen molar-refractivity contribution in [3.05, 3.63) is 24.5 Å². The number of likely N-dealkylation sites (tertiary alicyclic amines) is 2. The number of carbonyl (C=O) groups excluding carboxylic acids is 3. The predicted molar refractivity (Wildman–Crippen MR) is 80.4 cm³/mol. The van der Waals surface area contributed by atoms with Crippen molar-refractivity contribution in [2.24, 2.45) is 0 Å². The summed E-state index contributed by atoms with van der Waals surface area (Å²) in [7, 11) is 0. The van der Waals surface area contributed by atoms with Gasteiger partial charge in [0.1, 0.15) is 18.4 Å². The van der Waals surface area contributed by atoms with Crippen LogP contribution in [0.4, 0.5) is 0 Å². The normalized spacial score (nSPS) is 21.7. The van der Waals surface area contributed by atoms with Gasteiger partial charge in [-0.2, -0.15) is 0 Å².